The highest BCUT2D eigenvalue weighted by Gasteiger charge is 2.31. The highest BCUT2D eigenvalue weighted by Crippen LogP contribution is 2.43. The minimum atomic E-state index is -0.851. The average molecular weight is 533 g/mol. The zero-order valence-electron chi connectivity index (χ0n) is 23.2. The number of piperidine rings is 1. The number of pyridine rings is 1. The van der Waals surface area contributed by atoms with Gasteiger partial charge in [0.05, 0.1) is 12.1 Å². The van der Waals surface area contributed by atoms with E-state index in [9.17, 15) is 14.3 Å². The number of benzene rings is 2. The first kappa shape index (κ1) is 27.0. The van der Waals surface area contributed by atoms with Gasteiger partial charge in [0, 0.05) is 35.6 Å². The van der Waals surface area contributed by atoms with Crippen molar-refractivity contribution in [2.24, 2.45) is 5.41 Å². The Morgan fingerprint density at radius 1 is 1.15 bits per heavy atom. The summed E-state index contributed by atoms with van der Waals surface area (Å²) < 4.78 is 25.9. The van der Waals surface area contributed by atoms with Crippen LogP contribution in [0.5, 0.6) is 11.5 Å². The largest absolute Gasteiger partial charge is 0.487 e. The van der Waals surface area contributed by atoms with Crippen molar-refractivity contribution in [1.82, 2.24) is 4.98 Å². The van der Waals surface area contributed by atoms with Crippen LogP contribution in [0, 0.1) is 25.1 Å². The summed E-state index contributed by atoms with van der Waals surface area (Å²) in [6.45, 7) is 10.6. The lowest BCUT2D eigenvalue weighted by atomic mass is 9.82. The number of hydrogen-bond donors (Lipinski definition) is 1. The summed E-state index contributed by atoms with van der Waals surface area (Å²) >= 11 is 0. The number of ether oxygens (including phenoxy) is 2. The van der Waals surface area contributed by atoms with Crippen LogP contribution < -0.4 is 14.4 Å². The topological polar surface area (TPSA) is 71.9 Å². The number of anilines is 1. The zero-order chi connectivity index (χ0) is 27.7. The molecule has 1 unspecified atom stereocenters. The fourth-order valence-electron chi connectivity index (χ4n) is 5.72. The number of para-hydroxylation sites is 1. The van der Waals surface area contributed by atoms with Crippen LogP contribution in [0.2, 0.25) is 0 Å². The number of nitrogens with zero attached hydrogens (tertiary/aromatic N) is 2. The molecule has 2 aliphatic rings. The lowest BCUT2D eigenvalue weighted by Gasteiger charge is -2.40. The first-order chi connectivity index (χ1) is 18.6. The first-order valence-corrected chi connectivity index (χ1v) is 13.8. The van der Waals surface area contributed by atoms with Gasteiger partial charge in [-0.25, -0.2) is 4.39 Å². The van der Waals surface area contributed by atoms with E-state index in [2.05, 4.69) is 24.8 Å². The van der Waals surface area contributed by atoms with E-state index in [1.54, 1.807) is 18.2 Å². The van der Waals surface area contributed by atoms with E-state index in [-0.39, 0.29) is 36.1 Å². The number of carboxylic acid groups (broad SMARTS) is 1. The number of fused-ring (bicyclic) bond motifs is 1. The maximum atomic E-state index is 13.9. The summed E-state index contributed by atoms with van der Waals surface area (Å²) in [5.74, 6) is -0.196. The molecule has 0 spiro atoms. The number of aryl methyl sites for hydroxylation is 3. The Balaban J connectivity index is 1.45. The minimum absolute atomic E-state index is 0.0565. The molecular formula is C32H37FN2O4. The molecule has 39 heavy (non-hydrogen) atoms. The smallest absolute Gasteiger partial charge is 0.307 e. The van der Waals surface area contributed by atoms with Crippen LogP contribution in [-0.2, 0) is 17.6 Å². The Hall–Kier alpha value is -3.61. The average Bonchev–Trinajstić information content (AvgIpc) is 2.89. The van der Waals surface area contributed by atoms with Gasteiger partial charge in [-0.2, -0.15) is 0 Å². The lowest BCUT2D eigenvalue weighted by molar-refractivity contribution is -0.136. The molecule has 6 nitrogen and oxygen atoms in total. The summed E-state index contributed by atoms with van der Waals surface area (Å²) in [6.07, 6.45) is 3.44. The van der Waals surface area contributed by atoms with E-state index in [0.29, 0.717) is 0 Å². The molecule has 1 atom stereocenters. The van der Waals surface area contributed by atoms with Crippen molar-refractivity contribution in [3.8, 4) is 22.6 Å². The molecule has 2 aromatic carbocycles. The van der Waals surface area contributed by atoms with Crippen LogP contribution in [0.1, 0.15) is 55.6 Å². The molecule has 3 aromatic rings. The summed E-state index contributed by atoms with van der Waals surface area (Å²) in [6, 6.07) is 12.6. The van der Waals surface area contributed by atoms with Crippen molar-refractivity contribution in [2.75, 3.05) is 24.6 Å². The fraction of sp³-hybridized carbons (Fsp3) is 0.438. The summed E-state index contributed by atoms with van der Waals surface area (Å²) in [5.41, 5.74) is 6.87. The Morgan fingerprint density at radius 3 is 2.62 bits per heavy atom. The predicted molar refractivity (Wildman–Crippen MR) is 150 cm³/mol. The van der Waals surface area contributed by atoms with Crippen molar-refractivity contribution in [3.05, 3.63) is 70.8 Å². The molecular weight excluding hydrogens is 495 g/mol. The molecule has 5 rings (SSSR count). The molecule has 206 valence electrons. The molecule has 0 radical (unpaired) electrons. The van der Waals surface area contributed by atoms with Gasteiger partial charge >= 0.3 is 5.97 Å². The first-order valence-electron chi connectivity index (χ1n) is 13.8. The summed E-state index contributed by atoms with van der Waals surface area (Å²) in [4.78, 5) is 19.1. The van der Waals surface area contributed by atoms with Gasteiger partial charge in [-0.15, -0.1) is 0 Å². The van der Waals surface area contributed by atoms with Gasteiger partial charge in [0.25, 0.3) is 0 Å². The predicted octanol–water partition coefficient (Wildman–Crippen LogP) is 6.53. The van der Waals surface area contributed by atoms with Crippen molar-refractivity contribution in [1.29, 1.82) is 0 Å². The van der Waals surface area contributed by atoms with Gasteiger partial charge in [-0.3, -0.25) is 9.78 Å². The zero-order valence-corrected chi connectivity index (χ0v) is 23.2. The Labute approximate surface area is 229 Å². The van der Waals surface area contributed by atoms with Gasteiger partial charge in [-0.1, -0.05) is 32.0 Å². The van der Waals surface area contributed by atoms with Gasteiger partial charge in [0.15, 0.2) is 11.6 Å². The maximum absolute atomic E-state index is 13.9. The van der Waals surface area contributed by atoms with Crippen LogP contribution in [0.3, 0.4) is 0 Å². The van der Waals surface area contributed by atoms with E-state index in [4.69, 9.17) is 14.5 Å². The third-order valence-corrected chi connectivity index (χ3v) is 8.06. The Kier molecular flexibility index (Phi) is 7.52. The van der Waals surface area contributed by atoms with E-state index >= 15 is 0 Å². The number of carbonyl (C=O) groups is 1. The normalized spacial score (nSPS) is 18.3. The molecule has 1 fully saturated rings. The SMILES string of the molecule is Cc1nc(C)c(-c2ccc3c(c2)CCC(COc2ccccc2F)O3)c(N2CCC(C)(C)CC2)c1CC(=O)O. The van der Waals surface area contributed by atoms with Gasteiger partial charge in [0.2, 0.25) is 0 Å². The summed E-state index contributed by atoms with van der Waals surface area (Å²) in [5, 5.41) is 9.75. The molecule has 0 amide bonds. The minimum Gasteiger partial charge on any atom is -0.487 e. The quantitative estimate of drug-likeness (QED) is 0.373. The molecule has 0 saturated carbocycles. The van der Waals surface area contributed by atoms with Crippen LogP contribution in [0.15, 0.2) is 42.5 Å². The standard InChI is InChI=1S/C32H37FN2O4/c1-20-25(18-29(36)37)31(35-15-13-32(3,4)14-16-35)30(21(2)34-20)23-10-12-27-22(17-23)9-11-24(39-27)19-38-28-8-6-5-7-26(28)33/h5-8,10,12,17,24H,9,11,13-16,18-19H2,1-4H3,(H,36,37). The second-order valence-electron chi connectivity index (χ2n) is 11.5. The Morgan fingerprint density at radius 2 is 1.90 bits per heavy atom. The highest BCUT2D eigenvalue weighted by molar-refractivity contribution is 5.86. The molecule has 1 N–H and O–H groups in total. The van der Waals surface area contributed by atoms with Crippen LogP contribution in [-0.4, -0.2) is 41.9 Å². The molecule has 3 heterocycles. The lowest BCUT2D eigenvalue weighted by Crippen LogP contribution is -2.38. The molecule has 1 saturated heterocycles. The van der Waals surface area contributed by atoms with Crippen molar-refractivity contribution >= 4 is 11.7 Å². The maximum Gasteiger partial charge on any atom is 0.307 e. The van der Waals surface area contributed by atoms with Crippen LogP contribution in [0.25, 0.3) is 11.1 Å². The van der Waals surface area contributed by atoms with E-state index in [1.807, 2.05) is 26.0 Å². The van der Waals surface area contributed by atoms with E-state index < -0.39 is 5.97 Å². The third kappa shape index (κ3) is 5.87. The summed E-state index contributed by atoms with van der Waals surface area (Å²) in [7, 11) is 0. The van der Waals surface area contributed by atoms with E-state index in [0.717, 1.165) is 83.9 Å². The monoisotopic (exact) mass is 532 g/mol. The number of rotatable bonds is 7. The van der Waals surface area contributed by atoms with E-state index in [1.165, 1.54) is 6.07 Å². The van der Waals surface area contributed by atoms with Crippen molar-refractivity contribution in [3.63, 3.8) is 0 Å². The number of hydrogen-bond acceptors (Lipinski definition) is 5. The number of aromatic nitrogens is 1. The Bertz CT molecular complexity index is 1380. The molecule has 0 bridgehead atoms. The molecule has 0 aliphatic carbocycles. The second-order valence-corrected chi connectivity index (χ2v) is 11.5. The molecule has 1 aromatic heterocycles. The molecule has 7 heteroatoms. The van der Waals surface area contributed by atoms with Crippen molar-refractivity contribution in [2.45, 2.75) is 65.9 Å². The third-order valence-electron chi connectivity index (χ3n) is 8.06. The highest BCUT2D eigenvalue weighted by atomic mass is 19.1. The van der Waals surface area contributed by atoms with Crippen LogP contribution >= 0.6 is 0 Å². The van der Waals surface area contributed by atoms with Gasteiger partial charge in [0.1, 0.15) is 18.5 Å². The molecule has 2 aliphatic heterocycles. The second kappa shape index (κ2) is 10.9. The van der Waals surface area contributed by atoms with Gasteiger partial charge in [-0.05, 0) is 80.3 Å². The van der Waals surface area contributed by atoms with Crippen LogP contribution in [0.4, 0.5) is 10.1 Å². The number of aliphatic carboxylic acids is 1. The van der Waals surface area contributed by atoms with Crippen molar-refractivity contribution < 1.29 is 23.8 Å². The number of halogens is 1. The number of carboxylic acids is 1. The fourth-order valence-corrected chi connectivity index (χ4v) is 5.72. The van der Waals surface area contributed by atoms with Gasteiger partial charge < -0.3 is 19.5 Å².